The van der Waals surface area contributed by atoms with Crippen molar-refractivity contribution < 1.29 is 19.1 Å². The average Bonchev–Trinajstić information content (AvgIpc) is 3.36. The zero-order valence-electron chi connectivity index (χ0n) is 15.3. The van der Waals surface area contributed by atoms with Crippen molar-refractivity contribution in [2.45, 2.75) is 13.5 Å². The fourth-order valence-corrected chi connectivity index (χ4v) is 3.10. The second-order valence-corrected chi connectivity index (χ2v) is 6.13. The number of hydrogen-bond donors (Lipinski definition) is 2. The Labute approximate surface area is 161 Å². The minimum atomic E-state index is -0.652. The Hall–Kier alpha value is -3.62. The molecule has 1 aromatic carbocycles. The molecule has 0 aliphatic carbocycles. The molecule has 2 aromatic rings. The predicted octanol–water partition coefficient (Wildman–Crippen LogP) is 1.36. The highest BCUT2D eigenvalue weighted by Gasteiger charge is 2.25. The number of carbonyl (C=O) groups excluding carboxylic acids is 2. The first kappa shape index (κ1) is 17.8. The van der Waals surface area contributed by atoms with Crippen LogP contribution in [-0.4, -0.2) is 47.2 Å². The number of ether oxygens (including phenoxy) is 2. The lowest BCUT2D eigenvalue weighted by Crippen LogP contribution is -2.26. The van der Waals surface area contributed by atoms with Crippen molar-refractivity contribution in [3.05, 3.63) is 36.5 Å². The van der Waals surface area contributed by atoms with Gasteiger partial charge in [-0.3, -0.25) is 9.67 Å². The van der Waals surface area contributed by atoms with Gasteiger partial charge in [0.2, 0.25) is 0 Å². The van der Waals surface area contributed by atoms with Crippen LogP contribution in [0.15, 0.2) is 41.5 Å². The smallest absolute Gasteiger partial charge is 0.336 e. The minimum Gasteiger partial charge on any atom is -0.419 e. The van der Waals surface area contributed by atoms with Crippen molar-refractivity contribution in [2.24, 2.45) is 4.99 Å². The van der Waals surface area contributed by atoms with E-state index in [0.717, 1.165) is 36.8 Å². The van der Waals surface area contributed by atoms with E-state index in [1.54, 1.807) is 23.0 Å². The van der Waals surface area contributed by atoms with Gasteiger partial charge in [0.15, 0.2) is 11.5 Å². The quantitative estimate of drug-likeness (QED) is 0.595. The molecule has 0 atom stereocenters. The second-order valence-electron chi connectivity index (χ2n) is 6.13. The molecule has 1 aromatic heterocycles. The molecule has 9 heteroatoms. The summed E-state index contributed by atoms with van der Waals surface area (Å²) in [5.41, 5.74) is 2.03. The van der Waals surface area contributed by atoms with E-state index in [1.165, 1.54) is 0 Å². The van der Waals surface area contributed by atoms with Crippen LogP contribution in [-0.2, 0) is 16.1 Å². The van der Waals surface area contributed by atoms with Crippen LogP contribution < -0.4 is 20.1 Å². The molecule has 0 unspecified atom stereocenters. The third-order valence-electron chi connectivity index (χ3n) is 4.35. The van der Waals surface area contributed by atoms with Crippen molar-refractivity contribution in [1.29, 1.82) is 0 Å². The van der Waals surface area contributed by atoms with Gasteiger partial charge in [0.1, 0.15) is 5.84 Å². The van der Waals surface area contributed by atoms with E-state index in [2.05, 4.69) is 20.7 Å². The molecule has 0 fully saturated rings. The van der Waals surface area contributed by atoms with Crippen LogP contribution in [0.5, 0.6) is 11.5 Å². The molecular weight excluding hydrogens is 362 g/mol. The third-order valence-corrected chi connectivity index (χ3v) is 4.35. The first-order valence-corrected chi connectivity index (χ1v) is 8.97. The monoisotopic (exact) mass is 381 g/mol. The number of nitrogens with one attached hydrogen (secondary N) is 2. The first-order chi connectivity index (χ1) is 13.7. The maximum absolute atomic E-state index is 12.1. The van der Waals surface area contributed by atoms with Gasteiger partial charge in [0.05, 0.1) is 24.3 Å². The molecule has 144 valence electrons. The van der Waals surface area contributed by atoms with Crippen molar-refractivity contribution >= 4 is 23.5 Å². The number of benzene rings is 1. The number of esters is 2. The molecule has 0 saturated heterocycles. The number of hydrogen-bond acceptors (Lipinski definition) is 8. The average molecular weight is 381 g/mol. The summed E-state index contributed by atoms with van der Waals surface area (Å²) >= 11 is 0. The topological polar surface area (TPSA) is 107 Å². The molecule has 28 heavy (non-hydrogen) atoms. The highest BCUT2D eigenvalue weighted by molar-refractivity contribution is 5.98. The second kappa shape index (κ2) is 7.55. The summed E-state index contributed by atoms with van der Waals surface area (Å²) in [4.78, 5) is 28.4. The summed E-state index contributed by atoms with van der Waals surface area (Å²) in [7, 11) is 0. The summed E-state index contributed by atoms with van der Waals surface area (Å²) in [5, 5.41) is 10.8. The molecular formula is C19H19N5O4. The number of rotatable bonds is 5. The zero-order valence-corrected chi connectivity index (χ0v) is 15.3. The Bertz CT molecular complexity index is 992. The minimum absolute atomic E-state index is 0.170. The lowest BCUT2D eigenvalue weighted by atomic mass is 10.1. The van der Waals surface area contributed by atoms with Crippen LogP contribution in [0.2, 0.25) is 0 Å². The standard InChI is InChI=1S/C19H19N5O4/c1-2-24-13(7-8-23-24)18-12(22-11-15-20-9-10-21-15)3-4-14-19(18)28-17(26)6-5-16(25)27-14/h3-8,22H,2,9-11H2,1H3,(H,20,21)/b6-5+. The molecule has 9 nitrogen and oxygen atoms in total. The van der Waals surface area contributed by atoms with Crippen LogP contribution in [0, 0.1) is 0 Å². The van der Waals surface area contributed by atoms with E-state index in [4.69, 9.17) is 9.47 Å². The predicted molar refractivity (Wildman–Crippen MR) is 103 cm³/mol. The number of amidine groups is 1. The molecule has 2 N–H and O–H groups in total. The summed E-state index contributed by atoms with van der Waals surface area (Å²) in [6.07, 6.45) is 3.75. The lowest BCUT2D eigenvalue weighted by Gasteiger charge is -2.20. The Balaban J connectivity index is 1.82. The Morgan fingerprint density at radius 1 is 1.18 bits per heavy atom. The normalized spacial score (nSPS) is 16.8. The summed E-state index contributed by atoms with van der Waals surface area (Å²) in [6.45, 7) is 4.63. The number of aliphatic imine (C=N–C) groups is 1. The van der Waals surface area contributed by atoms with Gasteiger partial charge in [0, 0.05) is 37.1 Å². The molecule has 2 aliphatic heterocycles. The van der Waals surface area contributed by atoms with Gasteiger partial charge >= 0.3 is 11.9 Å². The summed E-state index contributed by atoms with van der Waals surface area (Å²) < 4.78 is 12.6. The Kier molecular flexibility index (Phi) is 4.79. The van der Waals surface area contributed by atoms with E-state index in [-0.39, 0.29) is 11.5 Å². The van der Waals surface area contributed by atoms with Crippen LogP contribution in [0.25, 0.3) is 11.3 Å². The number of anilines is 1. The van der Waals surface area contributed by atoms with Gasteiger partial charge in [0.25, 0.3) is 0 Å². The molecule has 2 aliphatic rings. The van der Waals surface area contributed by atoms with Gasteiger partial charge in [-0.2, -0.15) is 5.10 Å². The molecule has 0 radical (unpaired) electrons. The Morgan fingerprint density at radius 3 is 2.75 bits per heavy atom. The number of fused-ring (bicyclic) bond motifs is 1. The number of aromatic nitrogens is 2. The van der Waals surface area contributed by atoms with Gasteiger partial charge in [-0.15, -0.1) is 0 Å². The summed E-state index contributed by atoms with van der Waals surface area (Å²) in [5.74, 6) is -0.0977. The van der Waals surface area contributed by atoms with Crippen molar-refractivity contribution in [3.63, 3.8) is 0 Å². The maximum Gasteiger partial charge on any atom is 0.336 e. The van der Waals surface area contributed by atoms with E-state index < -0.39 is 11.9 Å². The lowest BCUT2D eigenvalue weighted by molar-refractivity contribution is -0.133. The van der Waals surface area contributed by atoms with Crippen LogP contribution >= 0.6 is 0 Å². The van der Waals surface area contributed by atoms with Crippen LogP contribution in [0.1, 0.15) is 6.92 Å². The fourth-order valence-electron chi connectivity index (χ4n) is 3.10. The van der Waals surface area contributed by atoms with Crippen LogP contribution in [0.3, 0.4) is 0 Å². The highest BCUT2D eigenvalue weighted by Crippen LogP contribution is 2.44. The Morgan fingerprint density at radius 2 is 2.00 bits per heavy atom. The third kappa shape index (κ3) is 3.46. The van der Waals surface area contributed by atoms with E-state index >= 15 is 0 Å². The van der Waals surface area contributed by atoms with Crippen molar-refractivity contribution in [2.75, 3.05) is 25.0 Å². The van der Waals surface area contributed by atoms with Crippen molar-refractivity contribution in [1.82, 2.24) is 15.1 Å². The zero-order chi connectivity index (χ0) is 19.5. The van der Waals surface area contributed by atoms with E-state index in [9.17, 15) is 9.59 Å². The SMILES string of the molecule is CCn1nccc1-c1c(NCC2=NCCN2)ccc2c1OC(=O)/C=C/C(=O)O2. The number of carbonyl (C=O) groups is 2. The molecule has 3 heterocycles. The van der Waals surface area contributed by atoms with Crippen LogP contribution in [0.4, 0.5) is 5.69 Å². The fraction of sp³-hybridized carbons (Fsp3) is 0.263. The molecule has 0 spiro atoms. The van der Waals surface area contributed by atoms with Gasteiger partial charge in [-0.05, 0) is 25.1 Å². The van der Waals surface area contributed by atoms with Gasteiger partial charge in [-0.1, -0.05) is 0 Å². The van der Waals surface area contributed by atoms with Gasteiger partial charge in [-0.25, -0.2) is 9.59 Å². The first-order valence-electron chi connectivity index (χ1n) is 8.97. The summed E-state index contributed by atoms with van der Waals surface area (Å²) in [6, 6.07) is 5.20. The number of aryl methyl sites for hydroxylation is 1. The highest BCUT2D eigenvalue weighted by atomic mass is 16.6. The molecule has 0 saturated carbocycles. The molecule has 4 rings (SSSR count). The molecule has 0 bridgehead atoms. The maximum atomic E-state index is 12.1. The van der Waals surface area contributed by atoms with E-state index in [1.807, 2.05) is 13.0 Å². The molecule has 0 amide bonds. The van der Waals surface area contributed by atoms with Crippen molar-refractivity contribution in [3.8, 4) is 22.8 Å². The van der Waals surface area contributed by atoms with E-state index in [0.29, 0.717) is 24.3 Å². The largest absolute Gasteiger partial charge is 0.419 e. The van der Waals surface area contributed by atoms with Gasteiger partial charge < -0.3 is 20.1 Å². The number of nitrogens with zero attached hydrogens (tertiary/aromatic N) is 3.